The van der Waals surface area contributed by atoms with Crippen molar-refractivity contribution in [1.29, 1.82) is 0 Å². The number of amides is 2. The summed E-state index contributed by atoms with van der Waals surface area (Å²) in [6, 6.07) is 1.56. The second-order valence-electron chi connectivity index (χ2n) is 3.95. The molecule has 6 heteroatoms. The van der Waals surface area contributed by atoms with Gasteiger partial charge in [-0.2, -0.15) is 5.10 Å². The largest absolute Gasteiger partial charge is 0.469 e. The maximum atomic E-state index is 11.7. The summed E-state index contributed by atoms with van der Waals surface area (Å²) in [4.78, 5) is 23.1. The van der Waals surface area contributed by atoms with Crippen LogP contribution in [0.5, 0.6) is 0 Å². The van der Waals surface area contributed by atoms with Crippen molar-refractivity contribution in [3.63, 3.8) is 0 Å². The number of hydrogen-bond donors (Lipinski definition) is 2. The molecule has 1 heterocycles. The van der Waals surface area contributed by atoms with E-state index in [1.54, 1.807) is 26.0 Å². The Bertz CT molecular complexity index is 503. The van der Waals surface area contributed by atoms with Crippen LogP contribution in [0.1, 0.15) is 29.5 Å². The van der Waals surface area contributed by atoms with Crippen LogP contribution in [0.25, 0.3) is 0 Å². The zero-order valence-corrected chi connectivity index (χ0v) is 11.0. The number of carbonyl (C=O) groups is 2. The summed E-state index contributed by atoms with van der Waals surface area (Å²) in [6.45, 7) is 7.26. The van der Waals surface area contributed by atoms with Gasteiger partial charge in [0.15, 0.2) is 0 Å². The molecule has 0 radical (unpaired) electrons. The highest BCUT2D eigenvalue weighted by molar-refractivity contribution is 6.01. The first-order valence-electron chi connectivity index (χ1n) is 5.79. The summed E-state index contributed by atoms with van der Waals surface area (Å²) in [5.74, 6) is -0.0129. The maximum absolute atomic E-state index is 11.7. The Morgan fingerprint density at radius 3 is 2.84 bits per heavy atom. The zero-order chi connectivity index (χ0) is 14.3. The number of aryl methyl sites for hydroxylation is 1. The molecule has 0 aliphatic rings. The minimum absolute atomic E-state index is 0.124. The molecule has 0 aliphatic heterocycles. The first-order valence-corrected chi connectivity index (χ1v) is 5.79. The highest BCUT2D eigenvalue weighted by atomic mass is 16.3. The Kier molecular flexibility index (Phi) is 5.53. The van der Waals surface area contributed by atoms with Gasteiger partial charge in [-0.15, -0.1) is 6.58 Å². The van der Waals surface area contributed by atoms with Crippen molar-refractivity contribution in [3.05, 3.63) is 36.3 Å². The second-order valence-corrected chi connectivity index (χ2v) is 3.95. The topological polar surface area (TPSA) is 83.7 Å². The maximum Gasteiger partial charge on any atom is 0.274 e. The molecule has 19 heavy (non-hydrogen) atoms. The van der Waals surface area contributed by atoms with Crippen molar-refractivity contribution in [2.75, 3.05) is 6.54 Å². The molecule has 0 aromatic carbocycles. The summed E-state index contributed by atoms with van der Waals surface area (Å²) in [6.07, 6.45) is 3.15. The predicted molar refractivity (Wildman–Crippen MR) is 71.8 cm³/mol. The molecule has 0 aliphatic carbocycles. The van der Waals surface area contributed by atoms with E-state index in [1.165, 1.54) is 6.26 Å². The highest BCUT2D eigenvalue weighted by Gasteiger charge is 2.10. The van der Waals surface area contributed by atoms with Crippen LogP contribution in [0.3, 0.4) is 0 Å². The van der Waals surface area contributed by atoms with Crippen LogP contribution in [0.15, 0.2) is 34.5 Å². The second kappa shape index (κ2) is 7.15. The molecule has 0 saturated heterocycles. The Labute approximate surface area is 111 Å². The van der Waals surface area contributed by atoms with E-state index in [1.807, 2.05) is 0 Å². The van der Waals surface area contributed by atoms with Gasteiger partial charge in [-0.3, -0.25) is 9.59 Å². The molecule has 0 unspecified atom stereocenters. The number of hydrazone groups is 1. The standard InChI is InChI=1S/C13H17N3O3/c1-4-6-14-12(17)8-9(2)15-16-13(18)11-5-7-19-10(11)3/h4-5,7H,1,6,8H2,2-3H3,(H,14,17)(H,16,18)/b15-9+. The van der Waals surface area contributed by atoms with Gasteiger partial charge in [0, 0.05) is 12.3 Å². The molecule has 2 amide bonds. The van der Waals surface area contributed by atoms with Crippen LogP contribution in [-0.4, -0.2) is 24.1 Å². The lowest BCUT2D eigenvalue weighted by atomic mass is 10.2. The van der Waals surface area contributed by atoms with Gasteiger partial charge in [0.2, 0.25) is 5.91 Å². The molecule has 6 nitrogen and oxygen atoms in total. The van der Waals surface area contributed by atoms with Gasteiger partial charge in [-0.25, -0.2) is 5.43 Å². The molecule has 0 saturated carbocycles. The fourth-order valence-corrected chi connectivity index (χ4v) is 1.35. The number of nitrogens with zero attached hydrogens (tertiary/aromatic N) is 1. The van der Waals surface area contributed by atoms with Crippen LogP contribution in [-0.2, 0) is 4.79 Å². The zero-order valence-electron chi connectivity index (χ0n) is 11.0. The molecule has 102 valence electrons. The van der Waals surface area contributed by atoms with Crippen molar-refractivity contribution in [2.45, 2.75) is 20.3 Å². The van der Waals surface area contributed by atoms with E-state index in [2.05, 4.69) is 22.4 Å². The molecule has 1 aromatic rings. The van der Waals surface area contributed by atoms with E-state index < -0.39 is 0 Å². The quantitative estimate of drug-likeness (QED) is 0.462. The van der Waals surface area contributed by atoms with Gasteiger partial charge in [0.05, 0.1) is 18.2 Å². The van der Waals surface area contributed by atoms with Crippen LogP contribution in [0.4, 0.5) is 0 Å². The first-order chi connectivity index (χ1) is 9.04. The number of hydrogen-bond acceptors (Lipinski definition) is 4. The molecule has 2 N–H and O–H groups in total. The van der Waals surface area contributed by atoms with E-state index in [9.17, 15) is 9.59 Å². The van der Waals surface area contributed by atoms with Gasteiger partial charge in [-0.1, -0.05) is 6.08 Å². The van der Waals surface area contributed by atoms with E-state index >= 15 is 0 Å². The lowest BCUT2D eigenvalue weighted by Crippen LogP contribution is -2.26. The Morgan fingerprint density at radius 1 is 1.53 bits per heavy atom. The average Bonchev–Trinajstić information content (AvgIpc) is 2.79. The van der Waals surface area contributed by atoms with Crippen molar-refractivity contribution in [1.82, 2.24) is 10.7 Å². The number of carbonyl (C=O) groups excluding carboxylic acids is 2. The van der Waals surface area contributed by atoms with Crippen LogP contribution < -0.4 is 10.7 Å². The number of rotatable bonds is 6. The van der Waals surface area contributed by atoms with Crippen molar-refractivity contribution in [2.24, 2.45) is 5.10 Å². The van der Waals surface area contributed by atoms with Gasteiger partial charge >= 0.3 is 0 Å². The summed E-state index contributed by atoms with van der Waals surface area (Å²) in [7, 11) is 0. The number of furan rings is 1. The molecular weight excluding hydrogens is 246 g/mol. The summed E-state index contributed by atoms with van der Waals surface area (Å²) >= 11 is 0. The lowest BCUT2D eigenvalue weighted by Gasteiger charge is -2.03. The van der Waals surface area contributed by atoms with Crippen molar-refractivity contribution < 1.29 is 14.0 Å². The van der Waals surface area contributed by atoms with E-state index in [4.69, 9.17) is 4.42 Å². The highest BCUT2D eigenvalue weighted by Crippen LogP contribution is 2.07. The Morgan fingerprint density at radius 2 is 2.26 bits per heavy atom. The number of nitrogens with one attached hydrogen (secondary N) is 2. The molecule has 1 rings (SSSR count). The Hall–Kier alpha value is -2.37. The van der Waals surface area contributed by atoms with E-state index in [-0.39, 0.29) is 18.2 Å². The normalized spacial score (nSPS) is 10.9. The molecule has 0 bridgehead atoms. The third kappa shape index (κ3) is 4.79. The third-order valence-electron chi connectivity index (χ3n) is 2.31. The lowest BCUT2D eigenvalue weighted by molar-refractivity contribution is -0.119. The van der Waals surface area contributed by atoms with Gasteiger partial charge < -0.3 is 9.73 Å². The van der Waals surface area contributed by atoms with Crippen molar-refractivity contribution >= 4 is 17.5 Å². The third-order valence-corrected chi connectivity index (χ3v) is 2.31. The first kappa shape index (κ1) is 14.7. The summed E-state index contributed by atoms with van der Waals surface area (Å²) in [5.41, 5.74) is 3.31. The van der Waals surface area contributed by atoms with Crippen LogP contribution in [0.2, 0.25) is 0 Å². The molecule has 0 fully saturated rings. The van der Waals surface area contributed by atoms with E-state index in [0.717, 1.165) is 0 Å². The van der Waals surface area contributed by atoms with Gasteiger partial charge in [-0.05, 0) is 19.9 Å². The summed E-state index contributed by atoms with van der Waals surface area (Å²) < 4.78 is 5.02. The fourth-order valence-electron chi connectivity index (χ4n) is 1.35. The van der Waals surface area contributed by atoms with Crippen LogP contribution >= 0.6 is 0 Å². The monoisotopic (exact) mass is 263 g/mol. The summed E-state index contributed by atoms with van der Waals surface area (Å²) in [5, 5.41) is 6.48. The minimum atomic E-state index is -0.364. The fraction of sp³-hybridized carbons (Fsp3) is 0.308. The molecule has 0 spiro atoms. The molecule has 0 atom stereocenters. The van der Waals surface area contributed by atoms with E-state index in [0.29, 0.717) is 23.6 Å². The molecular formula is C13H17N3O3. The molecule has 1 aromatic heterocycles. The predicted octanol–water partition coefficient (Wildman–Crippen LogP) is 1.39. The minimum Gasteiger partial charge on any atom is -0.469 e. The van der Waals surface area contributed by atoms with Crippen molar-refractivity contribution in [3.8, 4) is 0 Å². The van der Waals surface area contributed by atoms with Crippen LogP contribution in [0, 0.1) is 6.92 Å². The van der Waals surface area contributed by atoms with Gasteiger partial charge in [0.1, 0.15) is 5.76 Å². The SMILES string of the molecule is C=CCNC(=O)C/C(C)=N/NC(=O)c1ccoc1C. The smallest absolute Gasteiger partial charge is 0.274 e. The average molecular weight is 263 g/mol. The Balaban J connectivity index is 2.47. The van der Waals surface area contributed by atoms with Gasteiger partial charge in [0.25, 0.3) is 5.91 Å².